The summed E-state index contributed by atoms with van der Waals surface area (Å²) in [5, 5.41) is 9.78. The average Bonchev–Trinajstić information content (AvgIpc) is 2.40. The Morgan fingerprint density at radius 1 is 1.05 bits per heavy atom. The molecule has 0 aromatic heterocycles. The molecule has 1 N–H and O–H groups in total. The zero-order valence-electron chi connectivity index (χ0n) is 12.9. The number of hydrogen-bond donors (Lipinski definition) is 1. The van der Waals surface area contributed by atoms with Gasteiger partial charge in [-0.15, -0.1) is 0 Å². The summed E-state index contributed by atoms with van der Waals surface area (Å²) >= 11 is 1.54. The summed E-state index contributed by atoms with van der Waals surface area (Å²) in [5.74, 6) is -0.321. The number of rotatable bonds is 3. The molecule has 0 bridgehead atoms. The van der Waals surface area contributed by atoms with E-state index >= 15 is 0 Å². The molecule has 0 amide bonds. The van der Waals surface area contributed by atoms with E-state index in [1.165, 1.54) is 17.7 Å². The molecule has 0 saturated heterocycles. The fraction of sp³-hybridized carbons (Fsp3) is 0.333. The third-order valence-corrected chi connectivity index (χ3v) is 4.47. The monoisotopic (exact) mass is 304 g/mol. The zero-order chi connectivity index (χ0) is 15.6. The summed E-state index contributed by atoms with van der Waals surface area (Å²) in [4.78, 5) is 1.96. The Morgan fingerprint density at radius 2 is 1.67 bits per heavy atom. The van der Waals surface area contributed by atoms with Crippen molar-refractivity contribution < 1.29 is 9.50 Å². The van der Waals surface area contributed by atoms with Crippen LogP contribution in [0.3, 0.4) is 0 Å². The topological polar surface area (TPSA) is 20.2 Å². The van der Waals surface area contributed by atoms with E-state index in [0.717, 1.165) is 9.79 Å². The lowest BCUT2D eigenvalue weighted by Crippen LogP contribution is -2.10. The van der Waals surface area contributed by atoms with Crippen molar-refractivity contribution in [3.05, 3.63) is 59.4 Å². The predicted molar refractivity (Wildman–Crippen MR) is 86.3 cm³/mol. The first-order valence-corrected chi connectivity index (χ1v) is 7.85. The van der Waals surface area contributed by atoms with Gasteiger partial charge in [0.15, 0.2) is 0 Å². The fourth-order valence-electron chi connectivity index (χ4n) is 2.09. The Bertz CT molecular complexity index is 612. The van der Waals surface area contributed by atoms with Gasteiger partial charge in [-0.2, -0.15) is 0 Å². The van der Waals surface area contributed by atoms with Crippen LogP contribution in [0, 0.1) is 5.82 Å². The molecule has 0 fully saturated rings. The minimum Gasteiger partial charge on any atom is -0.389 e. The number of aliphatic hydroxyl groups is 1. The molecule has 21 heavy (non-hydrogen) atoms. The second-order valence-electron chi connectivity index (χ2n) is 6.23. The Labute approximate surface area is 130 Å². The van der Waals surface area contributed by atoms with Crippen molar-refractivity contribution in [3.63, 3.8) is 0 Å². The number of hydrogen-bond acceptors (Lipinski definition) is 2. The van der Waals surface area contributed by atoms with Gasteiger partial charge in [-0.05, 0) is 53.8 Å². The summed E-state index contributed by atoms with van der Waals surface area (Å²) in [6.45, 7) is 8.20. The lowest BCUT2D eigenvalue weighted by atomic mass is 9.87. The van der Waals surface area contributed by atoms with Crippen molar-refractivity contribution >= 4 is 11.8 Å². The van der Waals surface area contributed by atoms with Gasteiger partial charge in [-0.3, -0.25) is 0 Å². The molecular weight excluding hydrogens is 283 g/mol. The van der Waals surface area contributed by atoms with Crippen molar-refractivity contribution in [1.82, 2.24) is 0 Å². The molecule has 2 aromatic rings. The molecule has 0 saturated carbocycles. The van der Waals surface area contributed by atoms with Gasteiger partial charge in [-0.25, -0.2) is 4.39 Å². The summed E-state index contributed by atoms with van der Waals surface area (Å²) in [5.41, 5.74) is 2.03. The van der Waals surface area contributed by atoms with E-state index in [-0.39, 0.29) is 11.2 Å². The van der Waals surface area contributed by atoms with Crippen LogP contribution >= 0.6 is 11.8 Å². The van der Waals surface area contributed by atoms with Crippen LogP contribution in [-0.4, -0.2) is 5.11 Å². The van der Waals surface area contributed by atoms with E-state index < -0.39 is 6.10 Å². The normalized spacial score (nSPS) is 13.2. The smallest absolute Gasteiger partial charge is 0.123 e. The third kappa shape index (κ3) is 4.08. The summed E-state index contributed by atoms with van der Waals surface area (Å²) in [7, 11) is 0. The van der Waals surface area contributed by atoms with Gasteiger partial charge in [0.2, 0.25) is 0 Å². The Hall–Kier alpha value is -1.32. The molecule has 0 unspecified atom stereocenters. The summed E-state index contributed by atoms with van der Waals surface area (Å²) < 4.78 is 13.3. The predicted octanol–water partition coefficient (Wildman–Crippen LogP) is 5.33. The minimum absolute atomic E-state index is 0.129. The van der Waals surface area contributed by atoms with Gasteiger partial charge in [0.25, 0.3) is 0 Å². The highest BCUT2D eigenvalue weighted by atomic mass is 32.2. The van der Waals surface area contributed by atoms with Gasteiger partial charge in [0.1, 0.15) is 5.82 Å². The maximum atomic E-state index is 13.3. The molecule has 1 nitrogen and oxygen atoms in total. The molecule has 0 radical (unpaired) electrons. The van der Waals surface area contributed by atoms with Crippen molar-refractivity contribution in [2.75, 3.05) is 0 Å². The van der Waals surface area contributed by atoms with E-state index in [1.807, 2.05) is 0 Å². The molecule has 0 spiro atoms. The largest absolute Gasteiger partial charge is 0.389 e. The van der Waals surface area contributed by atoms with Crippen LogP contribution in [0.5, 0.6) is 0 Å². The molecule has 1 atom stereocenters. The molecule has 112 valence electrons. The number of benzene rings is 2. The van der Waals surface area contributed by atoms with Crippen LogP contribution in [0.15, 0.2) is 52.3 Å². The molecule has 3 heteroatoms. The van der Waals surface area contributed by atoms with Crippen molar-refractivity contribution in [1.29, 1.82) is 0 Å². The second-order valence-corrected chi connectivity index (χ2v) is 7.35. The molecule has 2 aromatic carbocycles. The SMILES string of the molecule is C[C@H](O)c1cc(F)ccc1Sc1ccc(C(C)(C)C)cc1. The molecule has 0 heterocycles. The Morgan fingerprint density at radius 3 is 2.19 bits per heavy atom. The fourth-order valence-corrected chi connectivity index (χ4v) is 3.10. The van der Waals surface area contributed by atoms with E-state index in [2.05, 4.69) is 45.0 Å². The highest BCUT2D eigenvalue weighted by molar-refractivity contribution is 7.99. The van der Waals surface area contributed by atoms with E-state index in [4.69, 9.17) is 0 Å². The van der Waals surface area contributed by atoms with Crippen LogP contribution in [0.4, 0.5) is 4.39 Å². The molecule has 0 aliphatic carbocycles. The standard InChI is InChI=1S/C18H21FOS/c1-12(20)16-11-14(19)7-10-17(16)21-15-8-5-13(6-9-15)18(2,3)4/h5-12,20H,1-4H3/t12-/m0/s1. The Balaban J connectivity index is 2.26. The average molecular weight is 304 g/mol. The minimum atomic E-state index is -0.683. The maximum Gasteiger partial charge on any atom is 0.123 e. The first kappa shape index (κ1) is 16.1. The van der Waals surface area contributed by atoms with Crippen LogP contribution in [-0.2, 0) is 5.41 Å². The quantitative estimate of drug-likeness (QED) is 0.827. The van der Waals surface area contributed by atoms with Gasteiger partial charge >= 0.3 is 0 Å². The molecule has 0 aliphatic rings. The van der Waals surface area contributed by atoms with Gasteiger partial charge < -0.3 is 5.11 Å². The first-order chi connectivity index (χ1) is 9.77. The van der Waals surface area contributed by atoms with E-state index in [1.54, 1.807) is 24.8 Å². The van der Waals surface area contributed by atoms with Gasteiger partial charge in [-0.1, -0.05) is 44.7 Å². The van der Waals surface area contributed by atoms with E-state index in [0.29, 0.717) is 5.56 Å². The van der Waals surface area contributed by atoms with Crippen molar-refractivity contribution in [2.45, 2.75) is 49.0 Å². The van der Waals surface area contributed by atoms with Crippen LogP contribution in [0.1, 0.15) is 44.9 Å². The van der Waals surface area contributed by atoms with E-state index in [9.17, 15) is 9.50 Å². The lowest BCUT2D eigenvalue weighted by molar-refractivity contribution is 0.196. The first-order valence-electron chi connectivity index (χ1n) is 7.03. The number of aliphatic hydroxyl groups excluding tert-OH is 1. The van der Waals surface area contributed by atoms with Crippen LogP contribution in [0.2, 0.25) is 0 Å². The second kappa shape index (κ2) is 6.20. The maximum absolute atomic E-state index is 13.3. The van der Waals surface area contributed by atoms with Crippen molar-refractivity contribution in [2.24, 2.45) is 0 Å². The van der Waals surface area contributed by atoms with Gasteiger partial charge in [0.05, 0.1) is 6.10 Å². The molecule has 0 aliphatic heterocycles. The lowest BCUT2D eigenvalue weighted by Gasteiger charge is -2.19. The third-order valence-electron chi connectivity index (χ3n) is 3.37. The molecular formula is C18H21FOS. The number of halogens is 1. The highest BCUT2D eigenvalue weighted by Gasteiger charge is 2.14. The summed E-state index contributed by atoms with van der Waals surface area (Å²) in [6, 6.07) is 12.9. The Kier molecular flexibility index (Phi) is 4.74. The van der Waals surface area contributed by atoms with Gasteiger partial charge in [0, 0.05) is 9.79 Å². The molecule has 2 rings (SSSR count). The van der Waals surface area contributed by atoms with Crippen LogP contribution in [0.25, 0.3) is 0 Å². The zero-order valence-corrected chi connectivity index (χ0v) is 13.7. The van der Waals surface area contributed by atoms with Crippen molar-refractivity contribution in [3.8, 4) is 0 Å². The summed E-state index contributed by atoms with van der Waals surface area (Å²) in [6.07, 6.45) is -0.683. The van der Waals surface area contributed by atoms with Crippen LogP contribution < -0.4 is 0 Å². The highest BCUT2D eigenvalue weighted by Crippen LogP contribution is 2.34.